The third-order valence-corrected chi connectivity index (χ3v) is 6.14. The fraction of sp³-hybridized carbons (Fsp3) is 0.579. The number of amides is 3. The molecule has 2 aliphatic heterocycles. The molecule has 2 saturated heterocycles. The molecule has 136 valence electrons. The largest absolute Gasteiger partial charge is 0.353 e. The summed E-state index contributed by atoms with van der Waals surface area (Å²) in [6, 6.07) is 8.49. The number of urea groups is 1. The van der Waals surface area contributed by atoms with Crippen molar-refractivity contribution in [3.8, 4) is 0 Å². The van der Waals surface area contributed by atoms with Crippen LogP contribution in [0.25, 0.3) is 0 Å². The van der Waals surface area contributed by atoms with Crippen molar-refractivity contribution in [1.82, 2.24) is 15.1 Å². The highest BCUT2D eigenvalue weighted by atomic mass is 32.2. The molecule has 1 aromatic carbocycles. The lowest BCUT2D eigenvalue weighted by Crippen LogP contribution is -2.50. The van der Waals surface area contributed by atoms with E-state index in [1.54, 1.807) is 11.8 Å². The zero-order valence-corrected chi connectivity index (χ0v) is 15.7. The van der Waals surface area contributed by atoms with Crippen LogP contribution >= 0.6 is 11.8 Å². The summed E-state index contributed by atoms with van der Waals surface area (Å²) in [5.41, 5.74) is 1.20. The number of benzene rings is 1. The van der Waals surface area contributed by atoms with E-state index in [0.717, 1.165) is 56.8 Å². The van der Waals surface area contributed by atoms with Crippen LogP contribution in [-0.2, 0) is 4.79 Å². The minimum atomic E-state index is 0.0811. The highest BCUT2D eigenvalue weighted by Crippen LogP contribution is 2.22. The first kappa shape index (κ1) is 18.1. The van der Waals surface area contributed by atoms with Crippen LogP contribution in [-0.4, -0.2) is 59.7 Å². The van der Waals surface area contributed by atoms with Gasteiger partial charge < -0.3 is 15.1 Å². The van der Waals surface area contributed by atoms with Crippen molar-refractivity contribution in [2.75, 3.05) is 31.9 Å². The molecule has 0 bridgehead atoms. The maximum atomic E-state index is 12.4. The summed E-state index contributed by atoms with van der Waals surface area (Å²) in [5, 5.41) is 3.13. The number of nitrogens with zero attached hydrogens (tertiary/aromatic N) is 2. The van der Waals surface area contributed by atoms with E-state index < -0.39 is 0 Å². The van der Waals surface area contributed by atoms with E-state index in [-0.39, 0.29) is 18.0 Å². The van der Waals surface area contributed by atoms with Crippen LogP contribution in [0.15, 0.2) is 29.2 Å². The van der Waals surface area contributed by atoms with E-state index in [1.165, 1.54) is 5.56 Å². The van der Waals surface area contributed by atoms with Gasteiger partial charge in [-0.3, -0.25) is 4.79 Å². The first-order valence-corrected chi connectivity index (χ1v) is 10.1. The van der Waals surface area contributed by atoms with Gasteiger partial charge in [0.15, 0.2) is 0 Å². The molecule has 0 saturated carbocycles. The quantitative estimate of drug-likeness (QED) is 0.839. The van der Waals surface area contributed by atoms with Gasteiger partial charge in [-0.15, -0.1) is 11.8 Å². The van der Waals surface area contributed by atoms with Crippen molar-refractivity contribution in [2.24, 2.45) is 0 Å². The normalized spacial score (nSPS) is 18.4. The average Bonchev–Trinajstić information content (AvgIpc) is 3.16. The van der Waals surface area contributed by atoms with Crippen LogP contribution in [0.3, 0.4) is 0 Å². The Balaban J connectivity index is 1.39. The molecule has 0 radical (unpaired) electrons. The molecule has 1 N–H and O–H groups in total. The number of rotatable bonds is 4. The molecular formula is C19H27N3O2S. The second-order valence-corrected chi connectivity index (χ2v) is 7.88. The number of hydrogen-bond donors (Lipinski definition) is 1. The lowest BCUT2D eigenvalue weighted by Gasteiger charge is -2.34. The fourth-order valence-electron chi connectivity index (χ4n) is 3.45. The predicted octanol–water partition coefficient (Wildman–Crippen LogP) is 2.88. The van der Waals surface area contributed by atoms with Gasteiger partial charge >= 0.3 is 6.03 Å². The Labute approximate surface area is 154 Å². The highest BCUT2D eigenvalue weighted by molar-refractivity contribution is 8.00. The maximum absolute atomic E-state index is 12.4. The lowest BCUT2D eigenvalue weighted by atomic mass is 10.1. The Morgan fingerprint density at radius 3 is 2.40 bits per heavy atom. The van der Waals surface area contributed by atoms with Crippen LogP contribution in [0.1, 0.15) is 31.2 Å². The number of nitrogens with one attached hydrogen (secondary N) is 1. The van der Waals surface area contributed by atoms with Crippen LogP contribution in [0.5, 0.6) is 0 Å². The zero-order chi connectivity index (χ0) is 17.6. The molecule has 0 unspecified atom stereocenters. The molecule has 2 aliphatic rings. The van der Waals surface area contributed by atoms with E-state index >= 15 is 0 Å². The Bertz CT molecular complexity index is 608. The Morgan fingerprint density at radius 2 is 1.72 bits per heavy atom. The van der Waals surface area contributed by atoms with Crippen LogP contribution in [0.4, 0.5) is 4.79 Å². The second-order valence-electron chi connectivity index (χ2n) is 6.86. The van der Waals surface area contributed by atoms with Gasteiger partial charge in [0.2, 0.25) is 5.91 Å². The zero-order valence-electron chi connectivity index (χ0n) is 14.9. The number of aryl methyl sites for hydroxylation is 1. The van der Waals surface area contributed by atoms with Crippen molar-refractivity contribution in [3.05, 3.63) is 29.8 Å². The maximum Gasteiger partial charge on any atom is 0.319 e. The lowest BCUT2D eigenvalue weighted by molar-refractivity contribution is -0.119. The van der Waals surface area contributed by atoms with E-state index in [1.807, 2.05) is 21.9 Å². The van der Waals surface area contributed by atoms with Gasteiger partial charge in [-0.05, 0) is 44.2 Å². The van der Waals surface area contributed by atoms with Crippen LogP contribution in [0, 0.1) is 6.92 Å². The molecule has 6 heteroatoms. The molecule has 2 fully saturated rings. The fourth-order valence-corrected chi connectivity index (χ4v) is 4.29. The first-order valence-electron chi connectivity index (χ1n) is 9.15. The van der Waals surface area contributed by atoms with Crippen LogP contribution in [0.2, 0.25) is 0 Å². The topological polar surface area (TPSA) is 52.7 Å². The Hall–Kier alpha value is -1.69. The average molecular weight is 362 g/mol. The number of carbonyl (C=O) groups excluding carboxylic acids is 2. The molecule has 2 heterocycles. The minimum Gasteiger partial charge on any atom is -0.353 e. The van der Waals surface area contributed by atoms with Crippen molar-refractivity contribution in [3.63, 3.8) is 0 Å². The number of carbonyl (C=O) groups is 2. The third kappa shape index (κ3) is 4.91. The standard InChI is InChI=1S/C19H27N3O2S/c1-15-6-2-3-7-17(15)25-14-18(23)20-16-8-12-22(13-9-16)19(24)21-10-4-5-11-21/h2-3,6-7,16H,4-5,8-14H2,1H3,(H,20,23). The summed E-state index contributed by atoms with van der Waals surface area (Å²) in [6.45, 7) is 5.33. The Morgan fingerprint density at radius 1 is 1.08 bits per heavy atom. The molecule has 0 atom stereocenters. The molecule has 0 aromatic heterocycles. The van der Waals surface area contributed by atoms with Gasteiger partial charge in [0, 0.05) is 37.1 Å². The van der Waals surface area contributed by atoms with E-state index in [9.17, 15) is 9.59 Å². The molecule has 0 spiro atoms. The van der Waals surface area contributed by atoms with E-state index in [4.69, 9.17) is 0 Å². The first-order chi connectivity index (χ1) is 12.1. The third-order valence-electron chi connectivity index (χ3n) is 4.96. The molecule has 0 aliphatic carbocycles. The van der Waals surface area contributed by atoms with Crippen LogP contribution < -0.4 is 5.32 Å². The number of hydrogen-bond acceptors (Lipinski definition) is 3. The van der Waals surface area contributed by atoms with Gasteiger partial charge in [0.25, 0.3) is 0 Å². The SMILES string of the molecule is Cc1ccccc1SCC(=O)NC1CCN(C(=O)N2CCCC2)CC1. The number of thioether (sulfide) groups is 1. The van der Waals surface area contributed by atoms with Crippen molar-refractivity contribution < 1.29 is 9.59 Å². The summed E-state index contributed by atoms with van der Waals surface area (Å²) < 4.78 is 0. The monoisotopic (exact) mass is 361 g/mol. The van der Waals surface area contributed by atoms with Gasteiger partial charge in [-0.2, -0.15) is 0 Å². The van der Waals surface area contributed by atoms with Gasteiger partial charge in [-0.1, -0.05) is 18.2 Å². The molecule has 5 nitrogen and oxygen atoms in total. The summed E-state index contributed by atoms with van der Waals surface area (Å²) in [4.78, 5) is 29.6. The molecule has 3 rings (SSSR count). The van der Waals surface area contributed by atoms with E-state index in [0.29, 0.717) is 5.75 Å². The second kappa shape index (κ2) is 8.61. The summed E-state index contributed by atoms with van der Waals surface area (Å²) >= 11 is 1.58. The van der Waals surface area contributed by atoms with Gasteiger partial charge in [0.05, 0.1) is 5.75 Å². The Kier molecular flexibility index (Phi) is 6.24. The van der Waals surface area contributed by atoms with Crippen molar-refractivity contribution in [1.29, 1.82) is 0 Å². The predicted molar refractivity (Wildman–Crippen MR) is 101 cm³/mol. The smallest absolute Gasteiger partial charge is 0.319 e. The van der Waals surface area contributed by atoms with Crippen molar-refractivity contribution in [2.45, 2.75) is 43.5 Å². The summed E-state index contributed by atoms with van der Waals surface area (Å²) in [7, 11) is 0. The summed E-state index contributed by atoms with van der Waals surface area (Å²) in [6.07, 6.45) is 3.94. The van der Waals surface area contributed by atoms with Gasteiger partial charge in [0.1, 0.15) is 0 Å². The molecule has 1 aromatic rings. The van der Waals surface area contributed by atoms with Crippen molar-refractivity contribution >= 4 is 23.7 Å². The molecular weight excluding hydrogens is 334 g/mol. The highest BCUT2D eigenvalue weighted by Gasteiger charge is 2.28. The number of likely N-dealkylation sites (tertiary alicyclic amines) is 2. The molecule has 25 heavy (non-hydrogen) atoms. The van der Waals surface area contributed by atoms with E-state index in [2.05, 4.69) is 24.4 Å². The summed E-state index contributed by atoms with van der Waals surface area (Å²) in [5.74, 6) is 0.523. The minimum absolute atomic E-state index is 0.0811. The van der Waals surface area contributed by atoms with Gasteiger partial charge in [-0.25, -0.2) is 4.79 Å². The molecule has 3 amide bonds. The number of piperidine rings is 1.